The quantitative estimate of drug-likeness (QED) is 0.820. The van der Waals surface area contributed by atoms with Gasteiger partial charge >= 0.3 is 6.03 Å². The van der Waals surface area contributed by atoms with Gasteiger partial charge in [-0.05, 0) is 43.4 Å². The van der Waals surface area contributed by atoms with E-state index in [1.807, 2.05) is 29.2 Å². The van der Waals surface area contributed by atoms with Gasteiger partial charge < -0.3 is 15.5 Å². The van der Waals surface area contributed by atoms with Crippen LogP contribution in [0.15, 0.2) is 24.3 Å². The summed E-state index contributed by atoms with van der Waals surface area (Å²) in [6.45, 7) is 1.65. The second-order valence-corrected chi connectivity index (χ2v) is 7.30. The number of likely N-dealkylation sites (tertiary alicyclic amines) is 1. The summed E-state index contributed by atoms with van der Waals surface area (Å²) in [5.41, 5.74) is 1.47. The maximum Gasteiger partial charge on any atom is 0.321 e. The molecule has 1 aromatic rings. The molecule has 1 saturated carbocycles. The number of carbonyl (C=O) groups excluding carboxylic acids is 2. The van der Waals surface area contributed by atoms with Crippen molar-refractivity contribution in [2.45, 2.75) is 57.8 Å². The molecule has 0 bridgehead atoms. The summed E-state index contributed by atoms with van der Waals surface area (Å²) >= 11 is 0. The average molecular weight is 343 g/mol. The zero-order valence-electron chi connectivity index (χ0n) is 14.9. The van der Waals surface area contributed by atoms with Gasteiger partial charge in [0.2, 0.25) is 5.91 Å². The Balaban J connectivity index is 1.47. The Bertz CT molecular complexity index is 590. The van der Waals surface area contributed by atoms with Crippen LogP contribution in [0.3, 0.4) is 0 Å². The van der Waals surface area contributed by atoms with Gasteiger partial charge in [0.1, 0.15) is 0 Å². The lowest BCUT2D eigenvalue weighted by molar-refractivity contribution is -0.116. The summed E-state index contributed by atoms with van der Waals surface area (Å²) in [7, 11) is 0. The Hall–Kier alpha value is -2.04. The number of benzene rings is 1. The molecule has 2 fully saturated rings. The van der Waals surface area contributed by atoms with E-state index >= 15 is 0 Å². The fourth-order valence-electron chi connectivity index (χ4n) is 3.83. The minimum absolute atomic E-state index is 0.0572. The van der Waals surface area contributed by atoms with Gasteiger partial charge in [-0.1, -0.05) is 38.2 Å². The van der Waals surface area contributed by atoms with Crippen molar-refractivity contribution in [2.75, 3.05) is 23.7 Å². The highest BCUT2D eigenvalue weighted by Crippen LogP contribution is 2.27. The van der Waals surface area contributed by atoms with Gasteiger partial charge in [0.25, 0.3) is 0 Å². The summed E-state index contributed by atoms with van der Waals surface area (Å²) in [5, 5.41) is 5.88. The van der Waals surface area contributed by atoms with E-state index in [-0.39, 0.29) is 11.9 Å². The van der Waals surface area contributed by atoms with Gasteiger partial charge in [0.05, 0.1) is 0 Å². The van der Waals surface area contributed by atoms with Crippen molar-refractivity contribution >= 4 is 23.3 Å². The Morgan fingerprint density at radius 2 is 1.64 bits per heavy atom. The minimum Gasteiger partial charge on any atom is -0.326 e. The second-order valence-electron chi connectivity index (χ2n) is 7.30. The van der Waals surface area contributed by atoms with E-state index in [9.17, 15) is 9.59 Å². The molecule has 0 atom stereocenters. The van der Waals surface area contributed by atoms with Crippen molar-refractivity contribution in [3.05, 3.63) is 24.3 Å². The lowest BCUT2D eigenvalue weighted by Gasteiger charge is -2.21. The maximum atomic E-state index is 12.2. The highest BCUT2D eigenvalue weighted by Gasteiger charge is 2.18. The molecule has 0 aromatic heterocycles. The summed E-state index contributed by atoms with van der Waals surface area (Å²) in [4.78, 5) is 26.2. The van der Waals surface area contributed by atoms with Gasteiger partial charge in [-0.3, -0.25) is 4.79 Å². The van der Waals surface area contributed by atoms with Gasteiger partial charge in [-0.2, -0.15) is 0 Å². The molecular formula is C20H29N3O2. The Morgan fingerprint density at radius 3 is 2.36 bits per heavy atom. The highest BCUT2D eigenvalue weighted by atomic mass is 16.2. The van der Waals surface area contributed by atoms with Gasteiger partial charge in [-0.25, -0.2) is 4.79 Å². The molecule has 0 unspecified atom stereocenters. The van der Waals surface area contributed by atoms with E-state index in [2.05, 4.69) is 10.6 Å². The molecule has 1 aliphatic heterocycles. The SMILES string of the molecule is O=C(CCC1CCCCC1)Nc1cccc(NC(=O)N2CCCC2)c1. The molecule has 3 amide bonds. The maximum absolute atomic E-state index is 12.2. The van der Waals surface area contributed by atoms with Crippen LogP contribution in [-0.2, 0) is 4.79 Å². The molecule has 1 aliphatic carbocycles. The first-order valence-electron chi connectivity index (χ1n) is 9.66. The molecule has 3 rings (SSSR count). The molecule has 1 aromatic carbocycles. The van der Waals surface area contributed by atoms with Gasteiger partial charge in [0, 0.05) is 30.9 Å². The predicted molar refractivity (Wildman–Crippen MR) is 101 cm³/mol. The lowest BCUT2D eigenvalue weighted by Crippen LogP contribution is -2.32. The van der Waals surface area contributed by atoms with Crippen LogP contribution in [0.1, 0.15) is 57.8 Å². The van der Waals surface area contributed by atoms with Crippen LogP contribution in [0.5, 0.6) is 0 Å². The van der Waals surface area contributed by atoms with E-state index < -0.39 is 0 Å². The molecule has 136 valence electrons. The van der Waals surface area contributed by atoms with Crippen LogP contribution in [0.4, 0.5) is 16.2 Å². The standard InChI is InChI=1S/C20H29N3O2/c24-19(12-11-16-7-2-1-3-8-16)21-17-9-6-10-18(15-17)22-20(25)23-13-4-5-14-23/h6,9-10,15-16H,1-5,7-8,11-14H2,(H,21,24)(H,22,25). The molecule has 0 spiro atoms. The first-order valence-corrected chi connectivity index (χ1v) is 9.66. The number of amides is 3. The van der Waals surface area contributed by atoms with Crippen LogP contribution >= 0.6 is 0 Å². The third kappa shape index (κ3) is 5.48. The fraction of sp³-hybridized carbons (Fsp3) is 0.600. The normalized spacial score (nSPS) is 18.2. The van der Waals surface area contributed by atoms with Crippen molar-refractivity contribution in [1.82, 2.24) is 4.90 Å². The van der Waals surface area contributed by atoms with Crippen molar-refractivity contribution < 1.29 is 9.59 Å². The van der Waals surface area contributed by atoms with Crippen molar-refractivity contribution in [3.63, 3.8) is 0 Å². The predicted octanol–water partition coefficient (Wildman–Crippen LogP) is 4.61. The van der Waals surface area contributed by atoms with Crippen LogP contribution in [0.2, 0.25) is 0 Å². The molecule has 5 heteroatoms. The zero-order valence-corrected chi connectivity index (χ0v) is 14.9. The largest absolute Gasteiger partial charge is 0.326 e. The number of carbonyl (C=O) groups is 2. The number of nitrogens with one attached hydrogen (secondary N) is 2. The smallest absolute Gasteiger partial charge is 0.321 e. The fourth-order valence-corrected chi connectivity index (χ4v) is 3.83. The second kappa shape index (κ2) is 8.88. The number of rotatable bonds is 5. The lowest BCUT2D eigenvalue weighted by atomic mass is 9.86. The molecule has 2 N–H and O–H groups in total. The summed E-state index contributed by atoms with van der Waals surface area (Å²) in [6, 6.07) is 7.34. The van der Waals surface area contributed by atoms with Crippen molar-refractivity contribution in [2.24, 2.45) is 5.92 Å². The topological polar surface area (TPSA) is 61.4 Å². The summed E-state index contributed by atoms with van der Waals surface area (Å²) in [5.74, 6) is 0.777. The highest BCUT2D eigenvalue weighted by molar-refractivity contribution is 5.93. The van der Waals surface area contributed by atoms with E-state index in [0.717, 1.165) is 43.7 Å². The molecule has 2 aliphatic rings. The Morgan fingerprint density at radius 1 is 0.960 bits per heavy atom. The number of nitrogens with zero attached hydrogens (tertiary/aromatic N) is 1. The minimum atomic E-state index is -0.0572. The zero-order chi connectivity index (χ0) is 17.5. The number of urea groups is 1. The number of hydrogen-bond acceptors (Lipinski definition) is 2. The summed E-state index contributed by atoms with van der Waals surface area (Å²) in [6.07, 6.45) is 10.2. The first-order chi connectivity index (χ1) is 12.2. The van der Waals surface area contributed by atoms with Gasteiger partial charge in [0.15, 0.2) is 0 Å². The van der Waals surface area contributed by atoms with Crippen LogP contribution in [-0.4, -0.2) is 29.9 Å². The number of hydrogen-bond donors (Lipinski definition) is 2. The van der Waals surface area contributed by atoms with E-state index in [1.54, 1.807) is 0 Å². The monoisotopic (exact) mass is 343 g/mol. The molecular weight excluding hydrogens is 314 g/mol. The molecule has 1 heterocycles. The average Bonchev–Trinajstić information content (AvgIpc) is 3.16. The first kappa shape index (κ1) is 17.8. The number of anilines is 2. The summed E-state index contributed by atoms with van der Waals surface area (Å²) < 4.78 is 0. The molecule has 25 heavy (non-hydrogen) atoms. The van der Waals surface area contributed by atoms with E-state index in [0.29, 0.717) is 12.3 Å². The van der Waals surface area contributed by atoms with Crippen LogP contribution in [0, 0.1) is 5.92 Å². The van der Waals surface area contributed by atoms with Crippen molar-refractivity contribution in [3.8, 4) is 0 Å². The van der Waals surface area contributed by atoms with Gasteiger partial charge in [-0.15, -0.1) is 0 Å². The third-order valence-corrected chi connectivity index (χ3v) is 5.30. The van der Waals surface area contributed by atoms with E-state index in [4.69, 9.17) is 0 Å². The van der Waals surface area contributed by atoms with Crippen LogP contribution in [0.25, 0.3) is 0 Å². The Labute approximate surface area is 150 Å². The van der Waals surface area contributed by atoms with Crippen LogP contribution < -0.4 is 10.6 Å². The molecule has 0 radical (unpaired) electrons. The third-order valence-electron chi connectivity index (χ3n) is 5.30. The van der Waals surface area contributed by atoms with Crippen molar-refractivity contribution in [1.29, 1.82) is 0 Å². The van der Waals surface area contributed by atoms with E-state index in [1.165, 1.54) is 32.1 Å². The Kier molecular flexibility index (Phi) is 6.31. The molecule has 1 saturated heterocycles. The molecule has 5 nitrogen and oxygen atoms in total.